The topological polar surface area (TPSA) is 65.4 Å². The van der Waals surface area contributed by atoms with Gasteiger partial charge < -0.3 is 14.5 Å². The molecule has 0 radical (unpaired) electrons. The molecular formula is C17H13N2O3S2-. The number of rotatable bonds is 4. The molecule has 0 N–H and O–H groups in total. The molecule has 1 aliphatic heterocycles. The van der Waals surface area contributed by atoms with Gasteiger partial charge in [-0.3, -0.25) is 9.69 Å². The van der Waals surface area contributed by atoms with E-state index in [9.17, 15) is 14.7 Å². The smallest absolute Gasteiger partial charge is 0.267 e. The molecule has 2 aromatic rings. The molecule has 1 aliphatic rings. The van der Waals surface area contributed by atoms with Crippen LogP contribution in [0.4, 0.5) is 0 Å². The Morgan fingerprint density at radius 3 is 2.58 bits per heavy atom. The number of benzene rings is 1. The average Bonchev–Trinajstić information content (AvgIpc) is 3.07. The van der Waals surface area contributed by atoms with Crippen molar-refractivity contribution >= 4 is 46.3 Å². The maximum absolute atomic E-state index is 12.7. The van der Waals surface area contributed by atoms with Crippen LogP contribution in [-0.4, -0.2) is 25.7 Å². The number of nitrogens with zero attached hydrogens (tertiary/aromatic N) is 2. The highest BCUT2D eigenvalue weighted by molar-refractivity contribution is 8.26. The zero-order valence-corrected chi connectivity index (χ0v) is 14.3. The van der Waals surface area contributed by atoms with Crippen LogP contribution in [0.2, 0.25) is 0 Å². The summed E-state index contributed by atoms with van der Waals surface area (Å²) in [7, 11) is 1.88. The second-order valence-electron chi connectivity index (χ2n) is 5.29. The molecule has 7 heteroatoms. The highest BCUT2D eigenvalue weighted by Crippen LogP contribution is 2.38. The molecule has 1 amide bonds. The summed E-state index contributed by atoms with van der Waals surface area (Å²) in [5, 5.41) is 11.6. The van der Waals surface area contributed by atoms with Gasteiger partial charge in [0.15, 0.2) is 0 Å². The number of hydrogen-bond donors (Lipinski definition) is 0. The molecule has 0 unspecified atom stereocenters. The summed E-state index contributed by atoms with van der Waals surface area (Å²) in [5.74, 6) is -1.79. The minimum Gasteiger partial charge on any atom is -0.547 e. The Balaban J connectivity index is 1.96. The predicted octanol–water partition coefficient (Wildman–Crippen LogP) is 1.72. The Kier molecular flexibility index (Phi) is 4.55. The summed E-state index contributed by atoms with van der Waals surface area (Å²) < 4.78 is 2.07. The normalized spacial score (nSPS) is 17.5. The van der Waals surface area contributed by atoms with Crippen LogP contribution in [0.5, 0.6) is 0 Å². The van der Waals surface area contributed by atoms with Gasteiger partial charge in [0.2, 0.25) is 0 Å². The van der Waals surface area contributed by atoms with Gasteiger partial charge in [-0.15, -0.1) is 0 Å². The van der Waals surface area contributed by atoms with Crippen LogP contribution in [0.1, 0.15) is 17.2 Å². The first kappa shape index (κ1) is 16.5. The van der Waals surface area contributed by atoms with Crippen molar-refractivity contribution in [3.8, 4) is 0 Å². The number of aliphatic carboxylic acids is 1. The van der Waals surface area contributed by atoms with Crippen molar-refractivity contribution in [2.24, 2.45) is 7.05 Å². The van der Waals surface area contributed by atoms with E-state index in [1.54, 1.807) is 36.4 Å². The van der Waals surface area contributed by atoms with Crippen LogP contribution in [0.25, 0.3) is 6.08 Å². The van der Waals surface area contributed by atoms with Gasteiger partial charge in [0.25, 0.3) is 5.91 Å². The second kappa shape index (κ2) is 6.62. The van der Waals surface area contributed by atoms with Crippen LogP contribution in [0.15, 0.2) is 53.7 Å². The fraction of sp³-hybridized carbons (Fsp3) is 0.118. The first-order valence-electron chi connectivity index (χ1n) is 7.12. The highest BCUT2D eigenvalue weighted by atomic mass is 32.2. The minimum atomic E-state index is -1.36. The van der Waals surface area contributed by atoms with Gasteiger partial charge in [0, 0.05) is 19.4 Å². The molecule has 5 nitrogen and oxygen atoms in total. The monoisotopic (exact) mass is 357 g/mol. The fourth-order valence-electron chi connectivity index (χ4n) is 2.49. The van der Waals surface area contributed by atoms with Crippen molar-refractivity contribution in [2.75, 3.05) is 0 Å². The van der Waals surface area contributed by atoms with Gasteiger partial charge in [0.05, 0.1) is 10.9 Å². The van der Waals surface area contributed by atoms with E-state index >= 15 is 0 Å². The lowest BCUT2D eigenvalue weighted by Gasteiger charge is -2.27. The van der Waals surface area contributed by atoms with Crippen LogP contribution in [-0.2, 0) is 16.6 Å². The summed E-state index contributed by atoms with van der Waals surface area (Å²) in [6, 6.07) is 9.10. The Labute approximate surface area is 148 Å². The third kappa shape index (κ3) is 3.13. The molecule has 1 fully saturated rings. The molecule has 2 heterocycles. The molecule has 24 heavy (non-hydrogen) atoms. The first-order chi connectivity index (χ1) is 11.5. The summed E-state index contributed by atoms with van der Waals surface area (Å²) in [6.45, 7) is 0. The Bertz CT molecular complexity index is 843. The molecule has 3 rings (SSSR count). The lowest BCUT2D eigenvalue weighted by atomic mass is 10.1. The number of aryl methyl sites for hydroxylation is 1. The van der Waals surface area contributed by atoms with Crippen LogP contribution in [0, 0.1) is 0 Å². The zero-order chi connectivity index (χ0) is 17.3. The lowest BCUT2D eigenvalue weighted by Crippen LogP contribution is -2.43. The van der Waals surface area contributed by atoms with Gasteiger partial charge >= 0.3 is 0 Å². The Morgan fingerprint density at radius 1 is 1.29 bits per heavy atom. The number of carbonyl (C=O) groups excluding carboxylic acids is 2. The lowest BCUT2D eigenvalue weighted by molar-refractivity contribution is -0.310. The number of carbonyl (C=O) groups is 2. The minimum absolute atomic E-state index is 0.209. The number of hydrogen-bond acceptors (Lipinski definition) is 5. The van der Waals surface area contributed by atoms with E-state index in [-0.39, 0.29) is 4.32 Å². The quantitative estimate of drug-likeness (QED) is 0.616. The fourth-order valence-corrected chi connectivity index (χ4v) is 3.80. The number of aromatic nitrogens is 1. The van der Waals surface area contributed by atoms with Crippen molar-refractivity contribution in [3.63, 3.8) is 0 Å². The average molecular weight is 357 g/mol. The number of thiocarbonyl (C=S) groups is 1. The molecule has 0 spiro atoms. The van der Waals surface area contributed by atoms with Crippen molar-refractivity contribution in [3.05, 3.63) is 64.8 Å². The second-order valence-corrected chi connectivity index (χ2v) is 6.97. The number of carboxylic acid groups (broad SMARTS) is 1. The Hall–Kier alpha value is -2.38. The summed E-state index contributed by atoms with van der Waals surface area (Å²) >= 11 is 6.34. The van der Waals surface area contributed by atoms with E-state index < -0.39 is 17.9 Å². The van der Waals surface area contributed by atoms with Gasteiger partial charge in [0.1, 0.15) is 10.4 Å². The molecule has 1 saturated heterocycles. The number of amides is 1. The Morgan fingerprint density at radius 2 is 2.00 bits per heavy atom. The van der Waals surface area contributed by atoms with E-state index in [4.69, 9.17) is 12.2 Å². The van der Waals surface area contributed by atoms with Crippen molar-refractivity contribution in [1.82, 2.24) is 9.47 Å². The molecule has 1 aromatic heterocycles. The molecule has 122 valence electrons. The number of thioether (sulfide) groups is 1. The van der Waals surface area contributed by atoms with Crippen LogP contribution < -0.4 is 5.11 Å². The molecule has 1 aromatic carbocycles. The van der Waals surface area contributed by atoms with Crippen molar-refractivity contribution in [2.45, 2.75) is 6.04 Å². The van der Waals surface area contributed by atoms with E-state index in [2.05, 4.69) is 0 Å². The summed E-state index contributed by atoms with van der Waals surface area (Å²) in [5.41, 5.74) is 1.30. The van der Waals surface area contributed by atoms with E-state index in [1.165, 1.54) is 0 Å². The SMILES string of the molecule is Cn1ccc(/C=C2/SC(=S)N([C@H](C(=O)[O-])c3ccccc3)C2=O)c1. The zero-order valence-electron chi connectivity index (χ0n) is 12.7. The van der Waals surface area contributed by atoms with Crippen LogP contribution in [0.3, 0.4) is 0 Å². The molecular weight excluding hydrogens is 344 g/mol. The first-order valence-corrected chi connectivity index (χ1v) is 8.34. The molecule has 1 atom stereocenters. The third-order valence-corrected chi connectivity index (χ3v) is 4.90. The van der Waals surface area contributed by atoms with E-state index in [1.807, 2.05) is 30.1 Å². The van der Waals surface area contributed by atoms with Crippen molar-refractivity contribution < 1.29 is 14.7 Å². The van der Waals surface area contributed by atoms with E-state index in [0.717, 1.165) is 22.2 Å². The van der Waals surface area contributed by atoms with Gasteiger partial charge in [-0.1, -0.05) is 54.3 Å². The predicted molar refractivity (Wildman–Crippen MR) is 94.6 cm³/mol. The van der Waals surface area contributed by atoms with Gasteiger partial charge in [-0.25, -0.2) is 0 Å². The third-order valence-electron chi connectivity index (χ3n) is 3.57. The standard InChI is InChI=1S/C17H14N2O3S2/c1-18-8-7-11(10-18)9-13-15(20)19(17(23)24-13)14(16(21)22)12-5-3-2-4-6-12/h2-10,14H,1H3,(H,21,22)/p-1/b13-9+/t14-/m0/s1. The van der Waals surface area contributed by atoms with Crippen molar-refractivity contribution in [1.29, 1.82) is 0 Å². The summed E-state index contributed by atoms with van der Waals surface area (Å²) in [4.78, 5) is 25.9. The number of carboxylic acids is 1. The van der Waals surface area contributed by atoms with Gasteiger partial charge in [-0.2, -0.15) is 0 Å². The molecule has 0 bridgehead atoms. The summed E-state index contributed by atoms with van der Waals surface area (Å²) in [6.07, 6.45) is 5.43. The largest absolute Gasteiger partial charge is 0.547 e. The molecule has 0 aliphatic carbocycles. The maximum Gasteiger partial charge on any atom is 0.267 e. The van der Waals surface area contributed by atoms with Crippen LogP contribution >= 0.6 is 24.0 Å². The molecule has 0 saturated carbocycles. The maximum atomic E-state index is 12.7. The van der Waals surface area contributed by atoms with E-state index in [0.29, 0.717) is 10.5 Å². The highest BCUT2D eigenvalue weighted by Gasteiger charge is 2.38. The van der Waals surface area contributed by atoms with Gasteiger partial charge in [-0.05, 0) is 23.3 Å².